The van der Waals surface area contributed by atoms with Crippen molar-refractivity contribution in [2.45, 2.75) is 31.4 Å². The van der Waals surface area contributed by atoms with E-state index >= 15 is 0 Å². The molecule has 1 aliphatic carbocycles. The highest BCUT2D eigenvalue weighted by atomic mass is 16.5. The van der Waals surface area contributed by atoms with Crippen LogP contribution in [0.1, 0.15) is 41.7 Å². The minimum absolute atomic E-state index is 0.0382. The quantitative estimate of drug-likeness (QED) is 0.892. The van der Waals surface area contributed by atoms with Gasteiger partial charge in [-0.05, 0) is 36.5 Å². The largest absolute Gasteiger partial charge is 0.447 e. The summed E-state index contributed by atoms with van der Waals surface area (Å²) in [5.41, 5.74) is 9.63. The second kappa shape index (κ2) is 6.00. The van der Waals surface area contributed by atoms with Crippen LogP contribution in [0.25, 0.3) is 0 Å². The summed E-state index contributed by atoms with van der Waals surface area (Å²) in [7, 11) is 0. The van der Waals surface area contributed by atoms with Crippen molar-refractivity contribution in [2.24, 2.45) is 10.7 Å². The van der Waals surface area contributed by atoms with Gasteiger partial charge in [0.2, 0.25) is 6.10 Å². The Morgan fingerprint density at radius 1 is 1.12 bits per heavy atom. The molecule has 24 heavy (non-hydrogen) atoms. The van der Waals surface area contributed by atoms with E-state index in [9.17, 15) is 4.79 Å². The van der Waals surface area contributed by atoms with Crippen molar-refractivity contribution in [1.29, 1.82) is 0 Å². The van der Waals surface area contributed by atoms with Gasteiger partial charge in [0.15, 0.2) is 0 Å². The van der Waals surface area contributed by atoms with Gasteiger partial charge in [-0.2, -0.15) is 0 Å². The number of hydrogen-bond acceptors (Lipinski definition) is 3. The maximum Gasteiger partial charge on any atom is 0.290 e. The van der Waals surface area contributed by atoms with E-state index in [1.165, 1.54) is 11.1 Å². The lowest BCUT2D eigenvalue weighted by Gasteiger charge is -2.28. The second-order valence-electron chi connectivity index (χ2n) is 6.15. The van der Waals surface area contributed by atoms with Gasteiger partial charge in [0.1, 0.15) is 0 Å². The number of benzene rings is 2. The lowest BCUT2D eigenvalue weighted by atomic mass is 9.88. The molecular formula is C19H19N3O2. The first-order valence-electron chi connectivity index (χ1n) is 8.20. The van der Waals surface area contributed by atoms with E-state index < -0.39 is 12.0 Å². The van der Waals surface area contributed by atoms with Gasteiger partial charge in [-0.1, -0.05) is 42.5 Å². The van der Waals surface area contributed by atoms with E-state index in [0.29, 0.717) is 6.02 Å². The number of fused-ring (bicyclic) bond motifs is 2. The summed E-state index contributed by atoms with van der Waals surface area (Å²) in [6, 6.07) is 16.3. The van der Waals surface area contributed by atoms with E-state index in [4.69, 9.17) is 15.5 Å². The van der Waals surface area contributed by atoms with E-state index in [2.05, 4.69) is 23.5 Å². The number of aryl methyl sites for hydroxylation is 1. The van der Waals surface area contributed by atoms with Gasteiger partial charge in [-0.3, -0.25) is 4.79 Å². The van der Waals surface area contributed by atoms with Crippen molar-refractivity contribution < 1.29 is 9.53 Å². The molecule has 0 radical (unpaired) electrons. The van der Waals surface area contributed by atoms with Crippen LogP contribution in [0.2, 0.25) is 0 Å². The van der Waals surface area contributed by atoms with E-state index in [1.54, 1.807) is 0 Å². The molecule has 0 saturated heterocycles. The van der Waals surface area contributed by atoms with Crippen molar-refractivity contribution in [1.82, 2.24) is 0 Å². The van der Waals surface area contributed by atoms with Crippen molar-refractivity contribution in [3.8, 4) is 0 Å². The van der Waals surface area contributed by atoms with Crippen LogP contribution >= 0.6 is 0 Å². The predicted octanol–water partition coefficient (Wildman–Crippen LogP) is 3.09. The number of nitrogens with zero attached hydrogens (tertiary/aromatic N) is 1. The van der Waals surface area contributed by atoms with Gasteiger partial charge < -0.3 is 15.8 Å². The number of hydrogen-bond donors (Lipinski definition) is 2. The maximum atomic E-state index is 11.8. The molecule has 1 aliphatic heterocycles. The number of amides is 1. The minimum Gasteiger partial charge on any atom is -0.447 e. The summed E-state index contributed by atoms with van der Waals surface area (Å²) in [5, 5.41) is 3.18. The Balaban J connectivity index is 1.69. The first kappa shape index (κ1) is 14.8. The summed E-state index contributed by atoms with van der Waals surface area (Å²) in [4.78, 5) is 16.5. The summed E-state index contributed by atoms with van der Waals surface area (Å²) >= 11 is 0. The van der Waals surface area contributed by atoms with Crippen LogP contribution in [0.4, 0.5) is 5.69 Å². The van der Waals surface area contributed by atoms with Crippen LogP contribution in [0, 0.1) is 0 Å². The highest BCUT2D eigenvalue weighted by molar-refractivity contribution is 5.97. The number of anilines is 1. The molecule has 2 atom stereocenters. The monoisotopic (exact) mass is 321 g/mol. The van der Waals surface area contributed by atoms with Gasteiger partial charge in [0.25, 0.3) is 11.9 Å². The Kier molecular flexibility index (Phi) is 3.69. The van der Waals surface area contributed by atoms with Gasteiger partial charge in [-0.25, -0.2) is 4.99 Å². The number of carbonyl (C=O) groups is 1. The lowest BCUT2D eigenvalue weighted by molar-refractivity contribution is -0.125. The van der Waals surface area contributed by atoms with E-state index in [-0.39, 0.29) is 6.04 Å². The first-order chi connectivity index (χ1) is 11.7. The lowest BCUT2D eigenvalue weighted by Crippen LogP contribution is -2.34. The highest BCUT2D eigenvalue weighted by Crippen LogP contribution is 2.35. The highest BCUT2D eigenvalue weighted by Gasteiger charge is 2.30. The standard InChI is InChI=1S/C19H19N3O2/c20-18(23)17-14-9-3-4-10-16(14)22-19(24-17)21-15-11-5-7-12-6-1-2-8-13(12)15/h1-4,6,8-10,15,17H,5,7,11H2,(H2,20,23)(H,21,22)/t15-,17?/m1/s1. The molecule has 5 nitrogen and oxygen atoms in total. The van der Waals surface area contributed by atoms with Crippen LogP contribution in [0.5, 0.6) is 0 Å². The number of rotatable bonds is 2. The Hall–Kier alpha value is -2.82. The minimum atomic E-state index is -0.806. The van der Waals surface area contributed by atoms with Crippen LogP contribution < -0.4 is 11.1 Å². The topological polar surface area (TPSA) is 76.7 Å². The molecule has 0 saturated carbocycles. The molecule has 4 rings (SSSR count). The average molecular weight is 321 g/mol. The number of ether oxygens (including phenoxy) is 1. The number of para-hydroxylation sites is 1. The molecule has 1 amide bonds. The smallest absolute Gasteiger partial charge is 0.290 e. The molecule has 0 aromatic heterocycles. The van der Waals surface area contributed by atoms with Crippen molar-refractivity contribution in [3.63, 3.8) is 0 Å². The molecular weight excluding hydrogens is 302 g/mol. The molecule has 1 unspecified atom stereocenters. The zero-order valence-electron chi connectivity index (χ0n) is 13.2. The van der Waals surface area contributed by atoms with Crippen LogP contribution in [0.15, 0.2) is 53.5 Å². The molecule has 0 fully saturated rings. The third-order valence-corrected chi connectivity index (χ3v) is 4.58. The molecule has 2 aliphatic rings. The number of aliphatic imine (C=N–C) groups is 1. The van der Waals surface area contributed by atoms with Crippen LogP contribution in [-0.4, -0.2) is 11.9 Å². The van der Waals surface area contributed by atoms with Gasteiger partial charge in [-0.15, -0.1) is 0 Å². The van der Waals surface area contributed by atoms with Crippen LogP contribution in [-0.2, 0) is 16.0 Å². The summed E-state index contributed by atoms with van der Waals surface area (Å²) in [6.45, 7) is 0. The molecule has 0 bridgehead atoms. The fraction of sp³-hybridized carbons (Fsp3) is 0.263. The molecule has 2 aromatic carbocycles. The number of nitrogens with two attached hydrogens (primary N) is 1. The average Bonchev–Trinajstić information content (AvgIpc) is 2.61. The van der Waals surface area contributed by atoms with Gasteiger partial charge in [0.05, 0.1) is 6.04 Å². The zero-order valence-corrected chi connectivity index (χ0v) is 13.2. The molecule has 3 N–H and O–H groups in total. The Bertz CT molecular complexity index is 816. The molecule has 5 heteroatoms. The fourth-order valence-electron chi connectivity index (χ4n) is 3.44. The third-order valence-electron chi connectivity index (χ3n) is 4.58. The predicted molar refractivity (Wildman–Crippen MR) is 92.6 cm³/mol. The summed E-state index contributed by atoms with van der Waals surface area (Å²) in [5.74, 6) is -0.513. The first-order valence-corrected chi connectivity index (χ1v) is 8.20. The van der Waals surface area contributed by atoms with Gasteiger partial charge >= 0.3 is 0 Å². The van der Waals surface area contributed by atoms with Crippen LogP contribution in [0.3, 0.4) is 0 Å². The van der Waals surface area contributed by atoms with Crippen molar-refractivity contribution >= 4 is 17.6 Å². The van der Waals surface area contributed by atoms with Crippen molar-refractivity contribution in [3.05, 3.63) is 65.2 Å². The number of amidine groups is 1. The summed E-state index contributed by atoms with van der Waals surface area (Å²) in [6.07, 6.45) is 2.33. The summed E-state index contributed by atoms with van der Waals surface area (Å²) < 4.78 is 5.76. The van der Waals surface area contributed by atoms with E-state index in [0.717, 1.165) is 30.5 Å². The maximum absolute atomic E-state index is 11.8. The zero-order chi connectivity index (χ0) is 16.5. The fourth-order valence-corrected chi connectivity index (χ4v) is 3.44. The second-order valence-corrected chi connectivity index (χ2v) is 6.15. The molecule has 1 heterocycles. The number of nitrogens with one attached hydrogen (secondary N) is 1. The normalized spacial score (nSPS) is 23.6. The Morgan fingerprint density at radius 2 is 1.88 bits per heavy atom. The molecule has 2 aromatic rings. The van der Waals surface area contributed by atoms with Gasteiger partial charge in [0, 0.05) is 11.3 Å². The van der Waals surface area contributed by atoms with Crippen molar-refractivity contribution in [2.75, 3.05) is 5.32 Å². The molecule has 122 valence electrons. The number of carbonyl (C=O) groups excluding carboxylic acids is 1. The Morgan fingerprint density at radius 3 is 2.71 bits per heavy atom. The van der Waals surface area contributed by atoms with E-state index in [1.807, 2.05) is 30.3 Å². The third kappa shape index (κ3) is 2.62. The SMILES string of the molecule is NC(=O)C1OC(=N[C@@H]2CCCc3ccccc32)Nc2ccccc21. The molecule has 0 spiro atoms. The Labute approximate surface area is 140 Å². The number of primary amides is 1.